The molecule has 3 aromatic rings. The number of benzene rings is 3. The number of anilines is 1. The van der Waals surface area contributed by atoms with E-state index in [1.54, 1.807) is 18.2 Å². The molecule has 0 aliphatic carbocycles. The maximum atomic E-state index is 12.5. The van der Waals surface area contributed by atoms with Gasteiger partial charge in [0.15, 0.2) is 0 Å². The molecule has 3 rings (SSSR count). The highest BCUT2D eigenvalue weighted by Crippen LogP contribution is 2.27. The molecule has 0 saturated heterocycles. The molecule has 0 heterocycles. The minimum absolute atomic E-state index is 0.318. The first-order valence-electron chi connectivity index (χ1n) is 8.15. The lowest BCUT2D eigenvalue weighted by Crippen LogP contribution is -2.14. The van der Waals surface area contributed by atoms with Gasteiger partial charge in [-0.1, -0.05) is 65.7 Å². The van der Waals surface area contributed by atoms with Crippen LogP contribution in [0.25, 0.3) is 0 Å². The highest BCUT2D eigenvalue weighted by Gasteiger charge is 2.13. The van der Waals surface area contributed by atoms with Crippen LogP contribution in [0, 0.1) is 0 Å². The Kier molecular flexibility index (Phi) is 6.16. The Morgan fingerprint density at radius 2 is 1.65 bits per heavy atom. The molecule has 0 bridgehead atoms. The van der Waals surface area contributed by atoms with Gasteiger partial charge in [0.05, 0.1) is 22.9 Å². The van der Waals surface area contributed by atoms with Crippen molar-refractivity contribution in [2.45, 2.75) is 6.42 Å². The smallest absolute Gasteiger partial charge is 0.257 e. The van der Waals surface area contributed by atoms with Gasteiger partial charge in [-0.3, -0.25) is 4.79 Å². The van der Waals surface area contributed by atoms with Crippen molar-refractivity contribution in [1.82, 2.24) is 0 Å². The first kappa shape index (κ1) is 18.3. The zero-order valence-electron chi connectivity index (χ0n) is 13.9. The van der Waals surface area contributed by atoms with Crippen molar-refractivity contribution in [2.24, 2.45) is 0 Å². The van der Waals surface area contributed by atoms with E-state index >= 15 is 0 Å². The van der Waals surface area contributed by atoms with Crippen LogP contribution in [0.5, 0.6) is 5.75 Å². The van der Waals surface area contributed by atoms with Gasteiger partial charge in [-0.2, -0.15) is 0 Å². The highest BCUT2D eigenvalue weighted by molar-refractivity contribution is 6.36. The van der Waals surface area contributed by atoms with E-state index < -0.39 is 0 Å². The number of ether oxygens (including phenoxy) is 1. The molecule has 1 N–H and O–H groups in total. The fourth-order valence-corrected chi connectivity index (χ4v) is 2.86. The van der Waals surface area contributed by atoms with E-state index in [4.69, 9.17) is 27.9 Å². The normalized spacial score (nSPS) is 10.4. The summed E-state index contributed by atoms with van der Waals surface area (Å²) < 4.78 is 5.86. The maximum Gasteiger partial charge on any atom is 0.257 e. The van der Waals surface area contributed by atoms with Crippen LogP contribution in [-0.4, -0.2) is 12.5 Å². The van der Waals surface area contributed by atoms with E-state index in [2.05, 4.69) is 17.4 Å². The highest BCUT2D eigenvalue weighted by atomic mass is 35.5. The van der Waals surface area contributed by atoms with Crippen molar-refractivity contribution in [3.8, 4) is 5.75 Å². The molecule has 3 nitrogen and oxygen atoms in total. The zero-order valence-corrected chi connectivity index (χ0v) is 15.4. The summed E-state index contributed by atoms with van der Waals surface area (Å²) in [4.78, 5) is 12.5. The largest absolute Gasteiger partial charge is 0.491 e. The molecule has 0 unspecified atom stereocenters. The summed E-state index contributed by atoms with van der Waals surface area (Å²) in [5.74, 6) is 0.270. The van der Waals surface area contributed by atoms with Gasteiger partial charge in [-0.15, -0.1) is 0 Å². The SMILES string of the molecule is O=C(Nc1ccccc1OCCc1ccccc1)c1cc(Cl)ccc1Cl. The summed E-state index contributed by atoms with van der Waals surface area (Å²) in [5, 5.41) is 3.63. The molecule has 3 aromatic carbocycles. The summed E-state index contributed by atoms with van der Waals surface area (Å²) in [6, 6.07) is 22.2. The Balaban J connectivity index is 1.68. The van der Waals surface area contributed by atoms with E-state index in [1.165, 1.54) is 11.6 Å². The van der Waals surface area contributed by atoms with Gasteiger partial charge in [0.1, 0.15) is 5.75 Å². The molecule has 1 amide bonds. The van der Waals surface area contributed by atoms with Gasteiger partial charge in [-0.05, 0) is 35.9 Å². The number of hydrogen-bond donors (Lipinski definition) is 1. The number of amides is 1. The average molecular weight is 386 g/mol. The minimum Gasteiger partial charge on any atom is -0.491 e. The summed E-state index contributed by atoms with van der Waals surface area (Å²) in [5.41, 5.74) is 2.10. The second kappa shape index (κ2) is 8.75. The second-order valence-electron chi connectivity index (χ2n) is 5.66. The van der Waals surface area contributed by atoms with Crippen LogP contribution in [0.4, 0.5) is 5.69 Å². The molecule has 5 heteroatoms. The van der Waals surface area contributed by atoms with Crippen molar-refractivity contribution >= 4 is 34.8 Å². The Labute approximate surface area is 162 Å². The van der Waals surface area contributed by atoms with E-state index in [0.717, 1.165) is 6.42 Å². The predicted molar refractivity (Wildman–Crippen MR) is 106 cm³/mol. The van der Waals surface area contributed by atoms with Crippen LogP contribution < -0.4 is 10.1 Å². The van der Waals surface area contributed by atoms with Crippen molar-refractivity contribution in [2.75, 3.05) is 11.9 Å². The second-order valence-corrected chi connectivity index (χ2v) is 6.50. The van der Waals surface area contributed by atoms with Crippen LogP contribution in [-0.2, 0) is 6.42 Å². The molecule has 0 aliphatic heterocycles. The number of carbonyl (C=O) groups excluding carboxylic acids is 1. The third-order valence-electron chi connectivity index (χ3n) is 3.80. The van der Waals surface area contributed by atoms with Crippen LogP contribution in [0.1, 0.15) is 15.9 Å². The number of rotatable bonds is 6. The topological polar surface area (TPSA) is 38.3 Å². The summed E-state index contributed by atoms with van der Waals surface area (Å²) in [7, 11) is 0. The average Bonchev–Trinajstić information content (AvgIpc) is 2.66. The molecule has 26 heavy (non-hydrogen) atoms. The van der Waals surface area contributed by atoms with Gasteiger partial charge in [0.25, 0.3) is 5.91 Å². The molecule has 0 spiro atoms. The third-order valence-corrected chi connectivity index (χ3v) is 4.36. The Bertz CT molecular complexity index is 898. The molecular formula is C21H17Cl2NO2. The van der Waals surface area contributed by atoms with Crippen molar-refractivity contribution < 1.29 is 9.53 Å². The van der Waals surface area contributed by atoms with E-state index in [9.17, 15) is 4.79 Å². The molecule has 132 valence electrons. The van der Waals surface area contributed by atoms with E-state index in [0.29, 0.717) is 33.7 Å². The Morgan fingerprint density at radius 1 is 0.923 bits per heavy atom. The minimum atomic E-state index is -0.336. The van der Waals surface area contributed by atoms with Crippen molar-refractivity contribution in [1.29, 1.82) is 0 Å². The molecular weight excluding hydrogens is 369 g/mol. The fraction of sp³-hybridized carbons (Fsp3) is 0.0952. The standard InChI is InChI=1S/C21H17Cl2NO2/c22-16-10-11-18(23)17(14-16)21(25)24-19-8-4-5-9-20(19)26-13-12-15-6-2-1-3-7-15/h1-11,14H,12-13H2,(H,24,25). The first-order valence-corrected chi connectivity index (χ1v) is 8.91. The van der Waals surface area contributed by atoms with Crippen molar-refractivity contribution in [3.05, 3.63) is 94.0 Å². The van der Waals surface area contributed by atoms with Crippen LogP contribution in [0.15, 0.2) is 72.8 Å². The van der Waals surface area contributed by atoms with Gasteiger partial charge in [0, 0.05) is 11.4 Å². The summed E-state index contributed by atoms with van der Waals surface area (Å²) in [6.07, 6.45) is 0.781. The molecule has 0 radical (unpaired) electrons. The quantitative estimate of drug-likeness (QED) is 0.576. The lowest BCUT2D eigenvalue weighted by Gasteiger charge is -2.13. The van der Waals surface area contributed by atoms with Crippen molar-refractivity contribution in [3.63, 3.8) is 0 Å². The van der Waals surface area contributed by atoms with E-state index in [1.807, 2.05) is 36.4 Å². The number of hydrogen-bond acceptors (Lipinski definition) is 2. The summed E-state index contributed by atoms with van der Waals surface area (Å²) in [6.45, 7) is 0.509. The van der Waals surface area contributed by atoms with Crippen LogP contribution in [0.2, 0.25) is 10.0 Å². The lowest BCUT2D eigenvalue weighted by molar-refractivity contribution is 0.102. The fourth-order valence-electron chi connectivity index (χ4n) is 2.48. The van der Waals surface area contributed by atoms with Gasteiger partial charge < -0.3 is 10.1 Å². The molecule has 0 aromatic heterocycles. The summed E-state index contributed by atoms with van der Waals surface area (Å²) >= 11 is 12.1. The third kappa shape index (κ3) is 4.78. The molecule has 0 saturated carbocycles. The zero-order chi connectivity index (χ0) is 18.4. The monoisotopic (exact) mass is 385 g/mol. The Hall–Kier alpha value is -2.49. The molecule has 0 aliphatic rings. The lowest BCUT2D eigenvalue weighted by atomic mass is 10.2. The predicted octanol–water partition coefficient (Wildman–Crippen LogP) is 5.87. The molecule has 0 fully saturated rings. The van der Waals surface area contributed by atoms with Gasteiger partial charge >= 0.3 is 0 Å². The van der Waals surface area contributed by atoms with Crippen LogP contribution >= 0.6 is 23.2 Å². The number of nitrogens with one attached hydrogen (secondary N) is 1. The maximum absolute atomic E-state index is 12.5. The Morgan fingerprint density at radius 3 is 2.46 bits per heavy atom. The van der Waals surface area contributed by atoms with Gasteiger partial charge in [-0.25, -0.2) is 0 Å². The molecule has 0 atom stereocenters. The van der Waals surface area contributed by atoms with E-state index in [-0.39, 0.29) is 5.91 Å². The van der Waals surface area contributed by atoms with Crippen LogP contribution in [0.3, 0.4) is 0 Å². The number of para-hydroxylation sites is 2. The number of halogens is 2. The van der Waals surface area contributed by atoms with Gasteiger partial charge in [0.2, 0.25) is 0 Å². The first-order chi connectivity index (χ1) is 12.6. The number of carbonyl (C=O) groups is 1.